The molecule has 6 nitrogen and oxygen atoms in total. The van der Waals surface area contributed by atoms with Crippen molar-refractivity contribution in [3.8, 4) is 23.0 Å². The highest BCUT2D eigenvalue weighted by molar-refractivity contribution is 8.00. The van der Waals surface area contributed by atoms with Crippen LogP contribution in [0.25, 0.3) is 0 Å². The zero-order chi connectivity index (χ0) is 17.6. The molecule has 1 aliphatic heterocycles. The quantitative estimate of drug-likeness (QED) is 0.770. The second-order valence-corrected chi connectivity index (χ2v) is 6.43. The average molecular weight is 361 g/mol. The number of phenols is 1. The summed E-state index contributed by atoms with van der Waals surface area (Å²) in [5.74, 6) is 2.14. The number of fused-ring (bicyclic) bond motifs is 1. The van der Waals surface area contributed by atoms with E-state index in [-0.39, 0.29) is 11.7 Å². The highest BCUT2D eigenvalue weighted by Crippen LogP contribution is 2.34. The lowest BCUT2D eigenvalue weighted by atomic mass is 10.2. The summed E-state index contributed by atoms with van der Waals surface area (Å²) in [6.07, 6.45) is 0. The summed E-state index contributed by atoms with van der Waals surface area (Å²) < 4.78 is 16.1. The predicted octanol–water partition coefficient (Wildman–Crippen LogP) is 2.58. The fourth-order valence-electron chi connectivity index (χ4n) is 2.35. The normalized spacial score (nSPS) is 12.5. The molecule has 1 heterocycles. The van der Waals surface area contributed by atoms with E-state index < -0.39 is 0 Å². The Hall–Kier alpha value is -2.54. The second kappa shape index (κ2) is 8.02. The predicted molar refractivity (Wildman–Crippen MR) is 94.7 cm³/mol. The van der Waals surface area contributed by atoms with Gasteiger partial charge in [0.1, 0.15) is 13.2 Å². The van der Waals surface area contributed by atoms with Gasteiger partial charge in [0, 0.05) is 11.4 Å². The molecule has 0 unspecified atom stereocenters. The van der Waals surface area contributed by atoms with Crippen molar-refractivity contribution in [1.29, 1.82) is 0 Å². The van der Waals surface area contributed by atoms with Gasteiger partial charge in [-0.15, -0.1) is 11.8 Å². The number of hydrogen-bond donors (Lipinski definition) is 2. The van der Waals surface area contributed by atoms with E-state index in [0.29, 0.717) is 37.0 Å². The Morgan fingerprint density at radius 3 is 2.80 bits per heavy atom. The number of methoxy groups -OCH3 is 1. The number of ether oxygens (including phenoxy) is 3. The minimum Gasteiger partial charge on any atom is -0.504 e. The molecule has 132 valence electrons. The molecule has 0 saturated carbocycles. The molecule has 0 saturated heterocycles. The second-order valence-electron chi connectivity index (χ2n) is 5.38. The number of carbonyl (C=O) groups is 1. The Labute approximate surface area is 150 Å². The minimum atomic E-state index is -0.0769. The third-order valence-corrected chi connectivity index (χ3v) is 4.61. The first kappa shape index (κ1) is 17.3. The standard InChI is InChI=1S/C18H19NO5S/c1-22-16-8-12(2-4-14(16)20)10-19-18(21)11-25-13-3-5-15-17(9-13)24-7-6-23-15/h2-5,8-9,20H,6-7,10-11H2,1H3,(H,19,21). The van der Waals surface area contributed by atoms with Gasteiger partial charge in [-0.25, -0.2) is 0 Å². The van der Waals surface area contributed by atoms with Gasteiger partial charge in [0.25, 0.3) is 0 Å². The van der Waals surface area contributed by atoms with Crippen molar-refractivity contribution in [3.05, 3.63) is 42.0 Å². The highest BCUT2D eigenvalue weighted by atomic mass is 32.2. The summed E-state index contributed by atoms with van der Waals surface area (Å²) in [6.45, 7) is 1.47. The molecular formula is C18H19NO5S. The molecule has 1 aliphatic rings. The van der Waals surface area contributed by atoms with Crippen LogP contribution in [0.5, 0.6) is 23.0 Å². The molecule has 0 atom stereocenters. The largest absolute Gasteiger partial charge is 0.504 e. The fraction of sp³-hybridized carbons (Fsp3) is 0.278. The van der Waals surface area contributed by atoms with E-state index >= 15 is 0 Å². The molecule has 25 heavy (non-hydrogen) atoms. The van der Waals surface area contributed by atoms with E-state index in [4.69, 9.17) is 14.2 Å². The van der Waals surface area contributed by atoms with Crippen molar-refractivity contribution >= 4 is 17.7 Å². The number of amides is 1. The number of hydrogen-bond acceptors (Lipinski definition) is 6. The maximum Gasteiger partial charge on any atom is 0.230 e. The van der Waals surface area contributed by atoms with Crippen molar-refractivity contribution in [3.63, 3.8) is 0 Å². The molecule has 1 amide bonds. The van der Waals surface area contributed by atoms with E-state index in [1.165, 1.54) is 18.9 Å². The molecule has 0 aromatic heterocycles. The van der Waals surface area contributed by atoms with Crippen molar-refractivity contribution in [2.24, 2.45) is 0 Å². The molecule has 3 rings (SSSR count). The zero-order valence-corrected chi connectivity index (χ0v) is 14.6. The number of nitrogens with one attached hydrogen (secondary N) is 1. The first-order chi connectivity index (χ1) is 12.2. The monoisotopic (exact) mass is 361 g/mol. The van der Waals surface area contributed by atoms with Crippen LogP contribution in [0, 0.1) is 0 Å². The molecular weight excluding hydrogens is 342 g/mol. The molecule has 0 bridgehead atoms. The molecule has 2 aromatic rings. The van der Waals surface area contributed by atoms with Crippen LogP contribution in [0.15, 0.2) is 41.3 Å². The number of phenolic OH excluding ortho intramolecular Hbond substituents is 1. The molecule has 0 radical (unpaired) electrons. The highest BCUT2D eigenvalue weighted by Gasteiger charge is 2.12. The first-order valence-electron chi connectivity index (χ1n) is 7.81. The Balaban J connectivity index is 1.50. The first-order valence-corrected chi connectivity index (χ1v) is 8.79. The Bertz CT molecular complexity index is 765. The van der Waals surface area contributed by atoms with Gasteiger partial charge in [0.2, 0.25) is 5.91 Å². The Kier molecular flexibility index (Phi) is 5.55. The van der Waals surface area contributed by atoms with Gasteiger partial charge in [-0.3, -0.25) is 4.79 Å². The van der Waals surface area contributed by atoms with Crippen molar-refractivity contribution in [2.75, 3.05) is 26.1 Å². The molecule has 0 aliphatic carbocycles. The van der Waals surface area contributed by atoms with Crippen LogP contribution >= 0.6 is 11.8 Å². The smallest absolute Gasteiger partial charge is 0.230 e. The van der Waals surface area contributed by atoms with Crippen LogP contribution in [-0.2, 0) is 11.3 Å². The Morgan fingerprint density at radius 2 is 2.00 bits per heavy atom. The lowest BCUT2D eigenvalue weighted by molar-refractivity contribution is -0.118. The zero-order valence-electron chi connectivity index (χ0n) is 13.8. The van der Waals surface area contributed by atoms with E-state index in [1.807, 2.05) is 18.2 Å². The summed E-state index contributed by atoms with van der Waals surface area (Å²) in [7, 11) is 1.49. The van der Waals surface area contributed by atoms with Crippen LogP contribution in [-0.4, -0.2) is 37.1 Å². The van der Waals surface area contributed by atoms with Crippen LogP contribution in [0.1, 0.15) is 5.56 Å². The van der Waals surface area contributed by atoms with E-state index in [1.54, 1.807) is 18.2 Å². The van der Waals surface area contributed by atoms with Gasteiger partial charge < -0.3 is 24.6 Å². The molecule has 7 heteroatoms. The van der Waals surface area contributed by atoms with E-state index in [2.05, 4.69) is 5.32 Å². The van der Waals surface area contributed by atoms with Gasteiger partial charge >= 0.3 is 0 Å². The average Bonchev–Trinajstić information content (AvgIpc) is 2.65. The van der Waals surface area contributed by atoms with E-state index in [0.717, 1.165) is 16.2 Å². The summed E-state index contributed by atoms with van der Waals surface area (Å²) in [4.78, 5) is 13.0. The lowest BCUT2D eigenvalue weighted by Crippen LogP contribution is -2.24. The summed E-state index contributed by atoms with van der Waals surface area (Å²) in [5.41, 5.74) is 0.854. The van der Waals surface area contributed by atoms with Gasteiger partial charge in [-0.05, 0) is 35.9 Å². The molecule has 0 fully saturated rings. The van der Waals surface area contributed by atoms with Crippen LogP contribution < -0.4 is 19.5 Å². The summed E-state index contributed by atoms with van der Waals surface area (Å²) in [6, 6.07) is 10.6. The van der Waals surface area contributed by atoms with Crippen LogP contribution in [0.3, 0.4) is 0 Å². The summed E-state index contributed by atoms with van der Waals surface area (Å²) >= 11 is 1.43. The number of aromatic hydroxyl groups is 1. The number of rotatable bonds is 6. The van der Waals surface area contributed by atoms with Gasteiger partial charge in [-0.1, -0.05) is 6.07 Å². The third-order valence-electron chi connectivity index (χ3n) is 3.62. The van der Waals surface area contributed by atoms with E-state index in [9.17, 15) is 9.90 Å². The van der Waals surface area contributed by atoms with Gasteiger partial charge in [0.15, 0.2) is 23.0 Å². The number of thioether (sulfide) groups is 1. The number of benzene rings is 2. The van der Waals surface area contributed by atoms with Crippen molar-refractivity contribution < 1.29 is 24.1 Å². The Morgan fingerprint density at radius 1 is 1.20 bits per heavy atom. The van der Waals surface area contributed by atoms with Gasteiger partial charge in [0.05, 0.1) is 12.9 Å². The maximum absolute atomic E-state index is 12.0. The SMILES string of the molecule is COc1cc(CNC(=O)CSc2ccc3c(c2)OCCO3)ccc1O. The topological polar surface area (TPSA) is 77.0 Å². The fourth-order valence-corrected chi connectivity index (χ4v) is 3.10. The van der Waals surface area contributed by atoms with Gasteiger partial charge in [-0.2, -0.15) is 0 Å². The summed E-state index contributed by atoms with van der Waals surface area (Å²) in [5, 5.41) is 12.4. The van der Waals surface area contributed by atoms with Crippen LogP contribution in [0.2, 0.25) is 0 Å². The van der Waals surface area contributed by atoms with Crippen LogP contribution in [0.4, 0.5) is 0 Å². The van der Waals surface area contributed by atoms with Crippen molar-refractivity contribution in [1.82, 2.24) is 5.32 Å². The number of carbonyl (C=O) groups excluding carboxylic acids is 1. The molecule has 0 spiro atoms. The molecule has 2 N–H and O–H groups in total. The minimum absolute atomic E-state index is 0.0757. The third kappa shape index (κ3) is 4.51. The molecule has 2 aromatic carbocycles. The van der Waals surface area contributed by atoms with Crippen molar-refractivity contribution in [2.45, 2.75) is 11.4 Å². The lowest BCUT2D eigenvalue weighted by Gasteiger charge is -2.18. The maximum atomic E-state index is 12.0.